The second-order valence-electron chi connectivity index (χ2n) is 35.5. The molecule has 0 amide bonds. The largest absolute Gasteiger partial charge is 0.371 e. The molecule has 6 aromatic heterocycles. The molecule has 0 unspecified atom stereocenters. The van der Waals surface area contributed by atoms with E-state index in [1.807, 2.05) is 157 Å². The van der Waals surface area contributed by atoms with Crippen molar-refractivity contribution in [1.82, 2.24) is 29.9 Å². The smallest absolute Gasteiger partial charge is 0.265 e. The van der Waals surface area contributed by atoms with Crippen LogP contribution in [0.3, 0.4) is 0 Å². The van der Waals surface area contributed by atoms with Crippen LogP contribution in [0.5, 0.6) is 17.2 Å². The quantitative estimate of drug-likeness (QED) is 0.158. The molecule has 15 heteroatoms. The third-order valence-electron chi connectivity index (χ3n) is 27.5. The van der Waals surface area contributed by atoms with E-state index >= 15 is 0 Å². The van der Waals surface area contributed by atoms with Gasteiger partial charge in [-0.05, 0) is 170 Å². The minimum absolute atomic E-state index is 0.0374. The van der Waals surface area contributed by atoms with E-state index in [9.17, 15) is 0 Å². The molecule has 3 aliphatic heterocycles. The number of thiophene rings is 3. The van der Waals surface area contributed by atoms with Crippen LogP contribution in [0.15, 0.2) is 388 Å². The van der Waals surface area contributed by atoms with Gasteiger partial charge in [0, 0.05) is 125 Å². The van der Waals surface area contributed by atoms with E-state index in [4.69, 9.17) is 58.1 Å². The number of fused-ring (bicyclic) bond motifs is 39. The van der Waals surface area contributed by atoms with Crippen LogP contribution in [0.1, 0.15) is 41.5 Å². The zero-order chi connectivity index (χ0) is 101. The number of anilines is 6. The summed E-state index contributed by atoms with van der Waals surface area (Å²) in [6.45, 7) is -3.67. The third-order valence-corrected chi connectivity index (χ3v) is 31.0. The molecule has 140 heavy (non-hydrogen) atoms. The van der Waals surface area contributed by atoms with Crippen LogP contribution in [-0.2, 0) is 0 Å². The molecule has 21 aromatic carbocycles. The highest BCUT2D eigenvalue weighted by atomic mass is 32.1. The SMILES string of the molecule is [2H]C([2H])([2H])c1cc(C)c(-c2nc(N3Oc4ccc5ccccc5c4-c4c3c3sc5ccccc5c3c3ccccc43)nc3ccccc23)c(C([2H])([2H])[2H])c1.[2H]C([2H])([2H])c1ccc(-c2nc(N3Oc4ccc5ccccc5c4-c4c3c3sc5ccccc5c3c3ccccc43)nc3ccccc23)c(C)c1.[2H]c1cccc2c(-c3ccccc3)nc(N3Oc4ccc5ccccc5c4-c4c3c3sc5ccccc5c3c3ccccc43)nc12. The van der Waals surface area contributed by atoms with Crippen LogP contribution in [0.4, 0.5) is 34.9 Å². The lowest BCUT2D eigenvalue weighted by Gasteiger charge is -2.33. The number of para-hydroxylation sites is 3. The molecule has 27 aromatic rings. The van der Waals surface area contributed by atoms with Crippen LogP contribution in [-0.4, -0.2) is 29.9 Å². The molecule has 0 radical (unpaired) electrons. The molecule has 12 nitrogen and oxygen atoms in total. The summed E-state index contributed by atoms with van der Waals surface area (Å²) in [6, 6.07) is 128. The normalized spacial score (nSPS) is 13.9. The molecule has 0 atom stereocenters. The summed E-state index contributed by atoms with van der Waals surface area (Å²) < 4.78 is 89.4. The summed E-state index contributed by atoms with van der Waals surface area (Å²) in [5.74, 6) is 3.09. The van der Waals surface area contributed by atoms with E-state index in [0.717, 1.165) is 184 Å². The first-order chi connectivity index (χ1) is 73.1. The maximum atomic E-state index is 8.85. The predicted octanol–water partition coefficient (Wildman–Crippen LogP) is 34.8. The lowest BCUT2D eigenvalue weighted by Crippen LogP contribution is -2.28. The first kappa shape index (κ1) is 71.2. The number of nitrogens with zero attached hydrogens (tertiary/aromatic N) is 9. The van der Waals surface area contributed by atoms with Gasteiger partial charge in [0.2, 0.25) is 0 Å². The summed E-state index contributed by atoms with van der Waals surface area (Å²) in [7, 11) is 0. The molecule has 660 valence electrons. The van der Waals surface area contributed by atoms with Crippen molar-refractivity contribution in [3.05, 3.63) is 416 Å². The number of aromatic nitrogens is 6. The van der Waals surface area contributed by atoms with Gasteiger partial charge in [0.15, 0.2) is 17.2 Å². The average molecular weight is 1860 g/mol. The van der Waals surface area contributed by atoms with Gasteiger partial charge in [-0.25, -0.2) is 29.9 Å². The molecule has 0 spiro atoms. The van der Waals surface area contributed by atoms with Gasteiger partial charge in [-0.15, -0.1) is 49.2 Å². The van der Waals surface area contributed by atoms with Gasteiger partial charge in [0.25, 0.3) is 17.8 Å². The third kappa shape index (κ3) is 12.6. The van der Waals surface area contributed by atoms with E-state index in [1.54, 1.807) is 64.2 Å². The van der Waals surface area contributed by atoms with Crippen LogP contribution in [0, 0.1) is 34.4 Å². The van der Waals surface area contributed by atoms with Crippen molar-refractivity contribution in [1.29, 1.82) is 0 Å². The van der Waals surface area contributed by atoms with Crippen molar-refractivity contribution in [2.45, 2.75) is 34.4 Å². The topological polar surface area (TPSA) is 115 Å². The summed E-state index contributed by atoms with van der Waals surface area (Å²) in [5.41, 5.74) is 16.2. The highest BCUT2D eigenvalue weighted by Gasteiger charge is 2.40. The van der Waals surface area contributed by atoms with Gasteiger partial charge < -0.3 is 14.5 Å². The second kappa shape index (κ2) is 31.9. The van der Waals surface area contributed by atoms with Gasteiger partial charge in [-0.2, -0.15) is 0 Å². The first-order valence-corrected chi connectivity index (χ1v) is 48.7. The monoisotopic (exact) mass is 1860 g/mol. The Labute approximate surface area is 829 Å². The Morgan fingerprint density at radius 3 is 1.03 bits per heavy atom. The molecule has 0 aliphatic carbocycles. The summed E-state index contributed by atoms with van der Waals surface area (Å²) in [5, 5.41) is 28.2. The lowest BCUT2D eigenvalue weighted by atomic mass is 9.89. The van der Waals surface area contributed by atoms with E-state index in [0.29, 0.717) is 68.2 Å². The number of rotatable bonds is 6. The molecular weight excluding hydrogens is 1770 g/mol. The molecule has 0 saturated carbocycles. The zero-order valence-corrected chi connectivity index (χ0v) is 77.3. The fraction of sp³-hybridized carbons (Fsp3) is 0.0400. The Morgan fingerprint density at radius 2 is 0.593 bits per heavy atom. The maximum Gasteiger partial charge on any atom is 0.265 e. The summed E-state index contributed by atoms with van der Waals surface area (Å²) in [4.78, 5) is 51.9. The first-order valence-electron chi connectivity index (χ1n) is 51.3. The minimum atomic E-state index is -2.63. The van der Waals surface area contributed by atoms with Crippen molar-refractivity contribution >= 4 is 227 Å². The fourth-order valence-electron chi connectivity index (χ4n) is 21.5. The minimum Gasteiger partial charge on any atom is -0.371 e. The highest BCUT2D eigenvalue weighted by molar-refractivity contribution is 7.27. The molecule has 0 saturated heterocycles. The second-order valence-corrected chi connectivity index (χ2v) is 38.7. The number of hydrogen-bond acceptors (Lipinski definition) is 15. The summed E-state index contributed by atoms with van der Waals surface area (Å²) >= 11 is 5.19. The number of hydrogen-bond donors (Lipinski definition) is 0. The summed E-state index contributed by atoms with van der Waals surface area (Å²) in [6.07, 6.45) is 0. The fourth-order valence-corrected chi connectivity index (χ4v) is 25.3. The van der Waals surface area contributed by atoms with Crippen molar-refractivity contribution < 1.29 is 28.2 Å². The number of benzene rings is 21. The Kier molecular flexibility index (Phi) is 16.2. The van der Waals surface area contributed by atoms with Crippen molar-refractivity contribution in [3.8, 4) is 84.4 Å². The van der Waals surface area contributed by atoms with Crippen LogP contribution in [0.2, 0.25) is 0 Å². The lowest BCUT2D eigenvalue weighted by molar-refractivity contribution is 0.316. The number of aryl methyl sites for hydroxylation is 5. The average Bonchev–Trinajstić information content (AvgIpc) is 1.42. The Hall–Kier alpha value is -17.3. The van der Waals surface area contributed by atoms with Crippen LogP contribution >= 0.6 is 34.0 Å². The molecule has 3 aliphatic rings. The van der Waals surface area contributed by atoms with Crippen molar-refractivity contribution in [2.24, 2.45) is 0 Å². The molecule has 9 heterocycles. The van der Waals surface area contributed by atoms with E-state index < -0.39 is 20.6 Å². The molecular formula is C125H79N9O3S3. The van der Waals surface area contributed by atoms with E-state index in [2.05, 4.69) is 212 Å². The molecule has 0 N–H and O–H groups in total. The van der Waals surface area contributed by atoms with E-state index in [1.165, 1.54) is 53.8 Å². The van der Waals surface area contributed by atoms with Gasteiger partial charge in [0.05, 0.1) is 49.1 Å². The van der Waals surface area contributed by atoms with Crippen LogP contribution in [0.25, 0.3) is 225 Å². The van der Waals surface area contributed by atoms with Gasteiger partial charge in [-0.3, -0.25) is 0 Å². The highest BCUT2D eigenvalue weighted by Crippen LogP contribution is 2.62. The Morgan fingerprint density at radius 1 is 0.250 bits per heavy atom. The molecule has 0 fully saturated rings. The van der Waals surface area contributed by atoms with Crippen LogP contribution < -0.4 is 29.7 Å². The molecule has 0 bridgehead atoms. The van der Waals surface area contributed by atoms with Gasteiger partial charge in [0.1, 0.15) is 17.1 Å². The maximum absolute atomic E-state index is 8.85. The Bertz CT molecular complexity index is 10500. The Balaban J connectivity index is 0.000000108. The van der Waals surface area contributed by atoms with Gasteiger partial charge in [-0.1, -0.05) is 345 Å². The van der Waals surface area contributed by atoms with Crippen molar-refractivity contribution in [2.75, 3.05) is 15.2 Å². The standard InChI is InChI=1S/C43H29N3OS.C42H27N3OS.C40H23N3OS/c1-24-22-25(2)36(26(3)23-24)40-31-16-8-10-18-33(31)44-43(45-40)46-41-39(38-28-13-5-4-12-27(28)20-21-34(38)47-46)30-15-7-6-14-29(30)37-32-17-9-11-19-35(32)48-42(37)41;1-24-19-21-27(25(2)23-24)39-31-15-7-9-17-33(31)43-42(44-39)45-40-38(37-28-12-4-3-11-26(28)20-22-34(37)46-45)30-14-6-5-13-29(30)36-32-16-8-10-18-35(32)47-41(36)40;1-2-13-25(14-3-1)37-29-18-8-10-20-31(29)41-40(42-37)43-38-36(35-26-15-5-4-12-24(26)22-23-32(35)44-43)28-17-7-6-16-27(28)34-30-19-9-11-21-33(30)45-39(34)38/h4-23H,1-3H3;3-23H,1-2H3;1-23H/i1D3,2D3;1D3;20D. The van der Waals surface area contributed by atoms with Gasteiger partial charge >= 0.3 is 0 Å². The van der Waals surface area contributed by atoms with E-state index in [-0.39, 0.29) is 17.1 Å². The van der Waals surface area contributed by atoms with Crippen molar-refractivity contribution in [3.63, 3.8) is 0 Å². The molecule has 30 rings (SSSR count). The predicted molar refractivity (Wildman–Crippen MR) is 586 cm³/mol. The zero-order valence-electron chi connectivity index (χ0n) is 84.8.